The number of thioether (sulfide) groups is 1. The molecule has 224 valence electrons. The van der Waals surface area contributed by atoms with Crippen LogP contribution in [0.1, 0.15) is 24.5 Å². The molecule has 3 atom stereocenters. The van der Waals surface area contributed by atoms with E-state index in [9.17, 15) is 23.1 Å². The smallest absolute Gasteiger partial charge is 0.326 e. The standard InChI is InChI=1S/C30H36N4O6S2/c1-21-9-6-7-12-26(21)31-17-8-18-40-33-24-15-13-23(14-16-24)19-27(30(36)37)32-29(35)28-20-41-22(2)34(28)42(38,39)25-10-4-3-5-11-25/h3-7,9-16,22,27-28,31,33H,8,17-20H2,1-2H3,(H,32,35)(H,36,37). The van der Waals surface area contributed by atoms with Crippen molar-refractivity contribution in [2.24, 2.45) is 0 Å². The van der Waals surface area contributed by atoms with Gasteiger partial charge >= 0.3 is 5.97 Å². The van der Waals surface area contributed by atoms with Crippen LogP contribution < -0.4 is 16.1 Å². The van der Waals surface area contributed by atoms with Gasteiger partial charge in [-0.1, -0.05) is 48.5 Å². The van der Waals surface area contributed by atoms with Gasteiger partial charge in [-0.15, -0.1) is 11.8 Å². The van der Waals surface area contributed by atoms with Crippen LogP contribution in [-0.4, -0.2) is 66.1 Å². The van der Waals surface area contributed by atoms with Gasteiger partial charge in [0.15, 0.2) is 0 Å². The van der Waals surface area contributed by atoms with Crippen molar-refractivity contribution < 1.29 is 28.0 Å². The zero-order valence-electron chi connectivity index (χ0n) is 23.5. The first-order valence-corrected chi connectivity index (χ1v) is 16.2. The Hall–Kier alpha value is -3.58. The summed E-state index contributed by atoms with van der Waals surface area (Å²) >= 11 is 1.33. The molecule has 12 heteroatoms. The first-order valence-electron chi connectivity index (χ1n) is 13.7. The highest BCUT2D eigenvalue weighted by atomic mass is 32.2. The third-order valence-corrected chi connectivity index (χ3v) is 10.2. The molecule has 3 unspecified atom stereocenters. The molecule has 1 saturated heterocycles. The summed E-state index contributed by atoms with van der Waals surface area (Å²) in [5.74, 6) is -1.61. The van der Waals surface area contributed by atoms with E-state index in [4.69, 9.17) is 4.84 Å². The quantitative estimate of drug-likeness (QED) is 0.157. The average molecular weight is 613 g/mol. The van der Waals surface area contributed by atoms with Crippen molar-refractivity contribution in [3.8, 4) is 0 Å². The zero-order chi connectivity index (χ0) is 30.1. The summed E-state index contributed by atoms with van der Waals surface area (Å²) < 4.78 is 27.8. The minimum atomic E-state index is -3.95. The van der Waals surface area contributed by atoms with Crippen LogP contribution in [0.25, 0.3) is 0 Å². The highest BCUT2D eigenvalue weighted by molar-refractivity contribution is 8.01. The molecule has 10 nitrogen and oxygen atoms in total. The lowest BCUT2D eigenvalue weighted by Gasteiger charge is -2.27. The van der Waals surface area contributed by atoms with Crippen LogP contribution in [0.5, 0.6) is 0 Å². The minimum Gasteiger partial charge on any atom is -0.480 e. The van der Waals surface area contributed by atoms with Crippen LogP contribution in [0, 0.1) is 6.92 Å². The molecule has 1 aliphatic heterocycles. The molecule has 42 heavy (non-hydrogen) atoms. The molecule has 0 radical (unpaired) electrons. The van der Waals surface area contributed by atoms with Crippen molar-refractivity contribution in [1.29, 1.82) is 0 Å². The van der Waals surface area contributed by atoms with E-state index in [0.717, 1.165) is 18.7 Å². The topological polar surface area (TPSA) is 137 Å². The Bertz CT molecular complexity index is 1450. The van der Waals surface area contributed by atoms with Gasteiger partial charge in [-0.3, -0.25) is 15.1 Å². The number of carboxylic acid groups (broad SMARTS) is 1. The van der Waals surface area contributed by atoms with Crippen molar-refractivity contribution in [2.45, 2.75) is 49.0 Å². The van der Waals surface area contributed by atoms with E-state index < -0.39 is 39.4 Å². The van der Waals surface area contributed by atoms with Crippen molar-refractivity contribution in [3.63, 3.8) is 0 Å². The molecule has 1 aliphatic rings. The van der Waals surface area contributed by atoms with Crippen LogP contribution in [0.2, 0.25) is 0 Å². The van der Waals surface area contributed by atoms with Crippen LogP contribution in [0.4, 0.5) is 11.4 Å². The van der Waals surface area contributed by atoms with E-state index in [1.54, 1.807) is 49.4 Å². The number of hydrogen-bond acceptors (Lipinski definition) is 8. The van der Waals surface area contributed by atoms with Gasteiger partial charge in [-0.2, -0.15) is 4.31 Å². The maximum Gasteiger partial charge on any atom is 0.326 e. The molecule has 0 aromatic heterocycles. The van der Waals surface area contributed by atoms with Gasteiger partial charge in [0, 0.05) is 24.4 Å². The summed E-state index contributed by atoms with van der Waals surface area (Å²) in [5.41, 5.74) is 6.57. The number of carbonyl (C=O) groups excluding carboxylic acids is 1. The summed E-state index contributed by atoms with van der Waals surface area (Å²) in [6.45, 7) is 5.03. The first kappa shape index (κ1) is 31.4. The molecule has 0 bridgehead atoms. The normalized spacial score (nSPS) is 17.9. The third-order valence-electron chi connectivity index (χ3n) is 6.86. The Morgan fingerprint density at radius 3 is 2.43 bits per heavy atom. The maximum atomic E-state index is 13.3. The Morgan fingerprint density at radius 1 is 1.05 bits per heavy atom. The fourth-order valence-corrected chi connectivity index (χ4v) is 7.91. The number of rotatable bonds is 14. The molecule has 1 heterocycles. The number of hydrogen-bond donors (Lipinski definition) is 4. The van der Waals surface area contributed by atoms with Crippen LogP contribution in [-0.2, 0) is 30.9 Å². The summed E-state index contributed by atoms with van der Waals surface area (Å²) in [5, 5.41) is 15.3. The number of nitrogens with zero attached hydrogens (tertiary/aromatic N) is 1. The van der Waals surface area contributed by atoms with Gasteiger partial charge in [0.05, 0.1) is 22.6 Å². The third kappa shape index (κ3) is 8.03. The van der Waals surface area contributed by atoms with Crippen molar-refractivity contribution in [1.82, 2.24) is 9.62 Å². The highest BCUT2D eigenvalue weighted by Gasteiger charge is 2.45. The van der Waals surface area contributed by atoms with Gasteiger partial charge in [-0.25, -0.2) is 13.2 Å². The molecule has 0 saturated carbocycles. The predicted octanol–water partition coefficient (Wildman–Crippen LogP) is 4.10. The molecule has 0 aliphatic carbocycles. The highest BCUT2D eigenvalue weighted by Crippen LogP contribution is 2.34. The minimum absolute atomic E-state index is 0.0354. The Kier molecular flexibility index (Phi) is 10.9. The lowest BCUT2D eigenvalue weighted by Crippen LogP contribution is -2.53. The van der Waals surface area contributed by atoms with Gasteiger partial charge in [0.2, 0.25) is 15.9 Å². The molecule has 4 rings (SSSR count). The maximum absolute atomic E-state index is 13.3. The van der Waals surface area contributed by atoms with E-state index >= 15 is 0 Å². The molecule has 3 aromatic rings. The monoisotopic (exact) mass is 612 g/mol. The molecular weight excluding hydrogens is 576 g/mol. The summed E-state index contributed by atoms with van der Waals surface area (Å²) in [6.07, 6.45) is 0.829. The number of benzene rings is 3. The van der Waals surface area contributed by atoms with Crippen LogP contribution in [0.3, 0.4) is 0 Å². The number of aliphatic carboxylic acids is 1. The van der Waals surface area contributed by atoms with E-state index in [1.807, 2.05) is 18.2 Å². The van der Waals surface area contributed by atoms with E-state index in [1.165, 1.54) is 33.8 Å². The van der Waals surface area contributed by atoms with Gasteiger partial charge in [0.25, 0.3) is 0 Å². The van der Waals surface area contributed by atoms with Crippen LogP contribution >= 0.6 is 11.8 Å². The van der Waals surface area contributed by atoms with Crippen molar-refractivity contribution in [2.75, 3.05) is 29.7 Å². The fraction of sp³-hybridized carbons (Fsp3) is 0.333. The lowest BCUT2D eigenvalue weighted by molar-refractivity contribution is -0.142. The number of para-hydroxylation sites is 1. The average Bonchev–Trinajstić information content (AvgIpc) is 3.39. The van der Waals surface area contributed by atoms with Gasteiger partial charge in [-0.05, 0) is 61.7 Å². The zero-order valence-corrected chi connectivity index (χ0v) is 25.2. The number of amides is 1. The molecule has 4 N–H and O–H groups in total. The largest absolute Gasteiger partial charge is 0.480 e. The Balaban J connectivity index is 1.28. The van der Waals surface area contributed by atoms with Crippen molar-refractivity contribution >= 4 is 45.0 Å². The van der Waals surface area contributed by atoms with E-state index in [2.05, 4.69) is 29.1 Å². The van der Waals surface area contributed by atoms with Gasteiger partial charge < -0.3 is 15.7 Å². The second-order valence-electron chi connectivity index (χ2n) is 9.94. The second kappa shape index (κ2) is 14.5. The number of carbonyl (C=O) groups is 2. The number of nitrogens with one attached hydrogen (secondary N) is 3. The number of aryl methyl sites for hydroxylation is 1. The SMILES string of the molecule is Cc1ccccc1NCCCONc1ccc(CC(NC(=O)C2CSC(C)N2S(=O)(=O)c2ccccc2)C(=O)O)cc1. The van der Waals surface area contributed by atoms with E-state index in [-0.39, 0.29) is 17.1 Å². The first-order chi connectivity index (χ1) is 20.2. The second-order valence-corrected chi connectivity index (χ2v) is 13.1. The summed E-state index contributed by atoms with van der Waals surface area (Å²) in [7, 11) is -3.95. The molecule has 0 spiro atoms. The van der Waals surface area contributed by atoms with E-state index in [0.29, 0.717) is 17.9 Å². The Labute approximate surface area is 250 Å². The number of anilines is 2. The molecule has 1 fully saturated rings. The summed E-state index contributed by atoms with van der Waals surface area (Å²) in [4.78, 5) is 30.9. The predicted molar refractivity (Wildman–Crippen MR) is 165 cm³/mol. The fourth-order valence-electron chi connectivity index (χ4n) is 4.58. The summed E-state index contributed by atoms with van der Waals surface area (Å²) in [6, 6.07) is 20.8. The molecule has 1 amide bonds. The Morgan fingerprint density at radius 2 is 1.74 bits per heavy atom. The molecule has 3 aromatic carbocycles. The number of carboxylic acids is 1. The molecular formula is C30H36N4O6S2. The lowest BCUT2D eigenvalue weighted by atomic mass is 10.1. The van der Waals surface area contributed by atoms with Gasteiger partial charge in [0.1, 0.15) is 12.1 Å². The van der Waals surface area contributed by atoms with Crippen molar-refractivity contribution in [3.05, 3.63) is 90.0 Å². The number of sulfonamides is 1. The van der Waals surface area contributed by atoms with Crippen LogP contribution in [0.15, 0.2) is 83.8 Å².